The molecule has 1 aromatic heterocycles. The number of aromatic nitrogens is 2. The molecule has 0 unspecified atom stereocenters. The summed E-state index contributed by atoms with van der Waals surface area (Å²) in [6, 6.07) is 11.3. The van der Waals surface area contributed by atoms with Crippen LogP contribution in [0.1, 0.15) is 24.7 Å². The van der Waals surface area contributed by atoms with Gasteiger partial charge in [0.1, 0.15) is 17.5 Å². The Morgan fingerprint density at radius 1 is 1.20 bits per heavy atom. The molecule has 0 spiro atoms. The molecule has 102 valence electrons. The summed E-state index contributed by atoms with van der Waals surface area (Å²) in [5.41, 5.74) is 1.45. The average Bonchev–Trinajstić information content (AvgIpc) is 2.44. The molecule has 0 fully saturated rings. The lowest BCUT2D eigenvalue weighted by atomic mass is 10.2. The molecule has 0 amide bonds. The topological polar surface area (TPSA) is 73.6 Å². The Morgan fingerprint density at radius 2 is 2.00 bits per heavy atom. The van der Waals surface area contributed by atoms with Crippen molar-refractivity contribution in [3.63, 3.8) is 0 Å². The first-order chi connectivity index (χ1) is 9.71. The van der Waals surface area contributed by atoms with Gasteiger partial charge in [0.05, 0.1) is 11.6 Å². The van der Waals surface area contributed by atoms with Crippen LogP contribution in [-0.2, 0) is 0 Å². The van der Waals surface area contributed by atoms with E-state index in [0.29, 0.717) is 17.2 Å². The molecular weight excluding hydrogens is 250 g/mol. The van der Waals surface area contributed by atoms with Crippen molar-refractivity contribution in [2.24, 2.45) is 0 Å². The normalized spacial score (nSPS) is 9.85. The number of nitriles is 1. The molecule has 5 heteroatoms. The van der Waals surface area contributed by atoms with Crippen molar-refractivity contribution in [1.82, 2.24) is 9.97 Å². The summed E-state index contributed by atoms with van der Waals surface area (Å²) >= 11 is 0. The first-order valence-electron chi connectivity index (χ1n) is 6.58. The second kappa shape index (κ2) is 6.53. The van der Waals surface area contributed by atoms with Crippen molar-refractivity contribution in [1.29, 1.82) is 5.26 Å². The van der Waals surface area contributed by atoms with E-state index in [1.807, 2.05) is 25.1 Å². The molecule has 0 radical (unpaired) electrons. The number of aryl methyl sites for hydroxylation is 1. The highest BCUT2D eigenvalue weighted by Crippen LogP contribution is 2.18. The van der Waals surface area contributed by atoms with Gasteiger partial charge in [-0.15, -0.1) is 0 Å². The highest BCUT2D eigenvalue weighted by Gasteiger charge is 2.02. The Kier molecular flexibility index (Phi) is 4.51. The largest absolute Gasteiger partial charge is 0.370 e. The van der Waals surface area contributed by atoms with Gasteiger partial charge in [0.15, 0.2) is 0 Å². The van der Waals surface area contributed by atoms with Crippen LogP contribution < -0.4 is 10.6 Å². The van der Waals surface area contributed by atoms with Gasteiger partial charge in [0.2, 0.25) is 0 Å². The average molecular weight is 267 g/mol. The van der Waals surface area contributed by atoms with Crippen LogP contribution in [0, 0.1) is 18.3 Å². The number of anilines is 3. The van der Waals surface area contributed by atoms with Crippen molar-refractivity contribution in [2.75, 3.05) is 17.2 Å². The number of nitrogens with zero attached hydrogens (tertiary/aromatic N) is 3. The second-order valence-electron chi connectivity index (χ2n) is 4.43. The van der Waals surface area contributed by atoms with Crippen LogP contribution in [0.3, 0.4) is 0 Å². The van der Waals surface area contributed by atoms with Gasteiger partial charge in [-0.2, -0.15) is 5.26 Å². The quantitative estimate of drug-likeness (QED) is 0.870. The van der Waals surface area contributed by atoms with Crippen molar-refractivity contribution < 1.29 is 0 Å². The zero-order valence-electron chi connectivity index (χ0n) is 11.6. The highest BCUT2D eigenvalue weighted by atomic mass is 15.1. The summed E-state index contributed by atoms with van der Waals surface area (Å²) in [6.07, 6.45) is 1.04. The molecule has 0 aliphatic carbocycles. The molecule has 1 aromatic carbocycles. The van der Waals surface area contributed by atoms with Crippen LogP contribution in [0.15, 0.2) is 30.3 Å². The zero-order chi connectivity index (χ0) is 14.4. The van der Waals surface area contributed by atoms with E-state index in [0.717, 1.165) is 24.5 Å². The van der Waals surface area contributed by atoms with Gasteiger partial charge in [-0.05, 0) is 31.5 Å². The molecule has 0 bridgehead atoms. The number of hydrogen-bond donors (Lipinski definition) is 2. The third-order valence-electron chi connectivity index (χ3n) is 2.66. The van der Waals surface area contributed by atoms with E-state index in [2.05, 4.69) is 33.6 Å². The SMILES string of the molecule is CCCNc1cc(Nc2cccc(C#N)c2)nc(C)n1. The van der Waals surface area contributed by atoms with Crippen molar-refractivity contribution in [3.8, 4) is 6.07 Å². The number of nitrogens with one attached hydrogen (secondary N) is 2. The third kappa shape index (κ3) is 3.69. The summed E-state index contributed by atoms with van der Waals surface area (Å²) in [5, 5.41) is 15.3. The highest BCUT2D eigenvalue weighted by molar-refractivity contribution is 5.60. The van der Waals surface area contributed by atoms with Crippen LogP contribution in [0.5, 0.6) is 0 Å². The molecule has 0 saturated heterocycles. The zero-order valence-corrected chi connectivity index (χ0v) is 11.6. The molecule has 20 heavy (non-hydrogen) atoms. The Balaban J connectivity index is 2.20. The molecule has 2 N–H and O–H groups in total. The molecule has 0 aliphatic rings. The fraction of sp³-hybridized carbons (Fsp3) is 0.267. The summed E-state index contributed by atoms with van der Waals surface area (Å²) in [6.45, 7) is 4.83. The van der Waals surface area contributed by atoms with Crippen LogP contribution in [0.25, 0.3) is 0 Å². The third-order valence-corrected chi connectivity index (χ3v) is 2.66. The molecule has 0 saturated carbocycles. The Hall–Kier alpha value is -2.61. The van der Waals surface area contributed by atoms with Gasteiger partial charge in [0.25, 0.3) is 0 Å². The molecule has 0 aliphatic heterocycles. The number of hydrogen-bond acceptors (Lipinski definition) is 5. The first kappa shape index (κ1) is 13.8. The first-order valence-corrected chi connectivity index (χ1v) is 6.58. The number of rotatable bonds is 5. The van der Waals surface area contributed by atoms with Gasteiger partial charge in [-0.1, -0.05) is 13.0 Å². The predicted octanol–water partition coefficient (Wildman–Crippen LogP) is 3.22. The number of benzene rings is 1. The fourth-order valence-electron chi connectivity index (χ4n) is 1.79. The minimum absolute atomic E-state index is 0.616. The fourth-order valence-corrected chi connectivity index (χ4v) is 1.79. The van der Waals surface area contributed by atoms with Gasteiger partial charge < -0.3 is 10.6 Å². The minimum Gasteiger partial charge on any atom is -0.370 e. The Labute approximate surface area is 118 Å². The van der Waals surface area contributed by atoms with Crippen LogP contribution >= 0.6 is 0 Å². The molecule has 5 nitrogen and oxygen atoms in total. The van der Waals surface area contributed by atoms with Gasteiger partial charge >= 0.3 is 0 Å². The van der Waals surface area contributed by atoms with Gasteiger partial charge in [0, 0.05) is 18.3 Å². The van der Waals surface area contributed by atoms with E-state index in [1.54, 1.807) is 12.1 Å². The monoisotopic (exact) mass is 267 g/mol. The summed E-state index contributed by atoms with van der Waals surface area (Å²) in [7, 11) is 0. The minimum atomic E-state index is 0.616. The summed E-state index contributed by atoms with van der Waals surface area (Å²) in [4.78, 5) is 8.68. The van der Waals surface area contributed by atoms with E-state index in [9.17, 15) is 0 Å². The standard InChI is InChI=1S/C15H17N5/c1-3-7-17-14-9-15(19-11(2)18-14)20-13-6-4-5-12(8-13)10-16/h4-6,8-9H,3,7H2,1-2H3,(H2,17,18,19,20). The van der Waals surface area contributed by atoms with Gasteiger partial charge in [-0.25, -0.2) is 9.97 Å². The van der Waals surface area contributed by atoms with Crippen LogP contribution in [-0.4, -0.2) is 16.5 Å². The molecule has 0 atom stereocenters. The predicted molar refractivity (Wildman–Crippen MR) is 80.0 cm³/mol. The Bertz CT molecular complexity index is 630. The van der Waals surface area contributed by atoms with E-state index in [-0.39, 0.29) is 0 Å². The molecule has 2 rings (SSSR count). The van der Waals surface area contributed by atoms with E-state index in [4.69, 9.17) is 5.26 Å². The van der Waals surface area contributed by atoms with E-state index in [1.165, 1.54) is 0 Å². The summed E-state index contributed by atoms with van der Waals surface area (Å²) in [5.74, 6) is 2.22. The Morgan fingerprint density at radius 3 is 2.75 bits per heavy atom. The van der Waals surface area contributed by atoms with Crippen molar-refractivity contribution >= 4 is 17.3 Å². The second-order valence-corrected chi connectivity index (χ2v) is 4.43. The lowest BCUT2D eigenvalue weighted by Gasteiger charge is -2.09. The van der Waals surface area contributed by atoms with E-state index < -0.39 is 0 Å². The lowest BCUT2D eigenvalue weighted by molar-refractivity contribution is 0.955. The van der Waals surface area contributed by atoms with E-state index >= 15 is 0 Å². The van der Waals surface area contributed by atoms with Gasteiger partial charge in [-0.3, -0.25) is 0 Å². The molecule has 1 heterocycles. The van der Waals surface area contributed by atoms with Crippen molar-refractivity contribution in [3.05, 3.63) is 41.7 Å². The lowest BCUT2D eigenvalue weighted by Crippen LogP contribution is -2.05. The smallest absolute Gasteiger partial charge is 0.136 e. The van der Waals surface area contributed by atoms with Crippen LogP contribution in [0.2, 0.25) is 0 Å². The van der Waals surface area contributed by atoms with Crippen LogP contribution in [0.4, 0.5) is 17.3 Å². The maximum atomic E-state index is 8.90. The maximum Gasteiger partial charge on any atom is 0.136 e. The molecular formula is C15H17N5. The molecule has 2 aromatic rings. The maximum absolute atomic E-state index is 8.90. The van der Waals surface area contributed by atoms with Crippen molar-refractivity contribution in [2.45, 2.75) is 20.3 Å². The summed E-state index contributed by atoms with van der Waals surface area (Å²) < 4.78 is 0.